The van der Waals surface area contributed by atoms with E-state index in [4.69, 9.17) is 9.47 Å². The van der Waals surface area contributed by atoms with Crippen LogP contribution in [-0.4, -0.2) is 26.7 Å². The quantitative estimate of drug-likeness (QED) is 0.782. The van der Waals surface area contributed by atoms with Gasteiger partial charge in [-0.05, 0) is 42.2 Å². The summed E-state index contributed by atoms with van der Waals surface area (Å²) < 4.78 is 11.4. The van der Waals surface area contributed by atoms with Crippen LogP contribution in [0.2, 0.25) is 0 Å². The van der Waals surface area contributed by atoms with Gasteiger partial charge in [-0.25, -0.2) is 0 Å². The highest BCUT2D eigenvalue weighted by Crippen LogP contribution is 2.33. The Morgan fingerprint density at radius 2 is 1.75 bits per heavy atom. The lowest BCUT2D eigenvalue weighted by Gasteiger charge is -2.12. The van der Waals surface area contributed by atoms with Crippen molar-refractivity contribution in [3.05, 3.63) is 57.6 Å². The molecule has 0 aliphatic heterocycles. The highest BCUT2D eigenvalue weighted by molar-refractivity contribution is 9.10. The average molecular weight is 392 g/mol. The zero-order chi connectivity index (χ0) is 17.5. The fourth-order valence-electron chi connectivity index (χ4n) is 2.49. The van der Waals surface area contributed by atoms with Gasteiger partial charge in [0, 0.05) is 11.0 Å². The molecule has 0 bridgehead atoms. The van der Waals surface area contributed by atoms with Gasteiger partial charge in [0.1, 0.15) is 0 Å². The first-order chi connectivity index (χ1) is 11.5. The van der Waals surface area contributed by atoms with Crippen molar-refractivity contribution in [3.8, 4) is 11.5 Å². The number of carbonyl (C=O) groups excluding carboxylic acids is 1. The predicted molar refractivity (Wildman–Crippen MR) is 98.8 cm³/mol. The molecule has 4 nitrogen and oxygen atoms in total. The van der Waals surface area contributed by atoms with Crippen LogP contribution in [0.4, 0.5) is 0 Å². The second-order valence-corrected chi connectivity index (χ2v) is 6.36. The molecule has 2 aromatic rings. The van der Waals surface area contributed by atoms with Crippen LogP contribution in [0.15, 0.2) is 40.9 Å². The predicted octanol–water partition coefficient (Wildman–Crippen LogP) is 3.68. The van der Waals surface area contributed by atoms with Gasteiger partial charge in [-0.2, -0.15) is 0 Å². The smallest absolute Gasteiger partial charge is 0.224 e. The molecule has 0 fully saturated rings. The number of hydrogen-bond donors (Lipinski definition) is 1. The molecule has 2 aromatic carbocycles. The third-order valence-electron chi connectivity index (χ3n) is 3.88. The summed E-state index contributed by atoms with van der Waals surface area (Å²) in [5.41, 5.74) is 3.36. The topological polar surface area (TPSA) is 47.6 Å². The zero-order valence-corrected chi connectivity index (χ0v) is 15.8. The van der Waals surface area contributed by atoms with Crippen molar-refractivity contribution in [2.24, 2.45) is 0 Å². The summed E-state index contributed by atoms with van der Waals surface area (Å²) in [6.07, 6.45) is 1.11. The van der Waals surface area contributed by atoms with E-state index in [0.29, 0.717) is 18.0 Å². The lowest BCUT2D eigenvalue weighted by Crippen LogP contribution is -2.27. The minimum Gasteiger partial charge on any atom is -0.493 e. The van der Waals surface area contributed by atoms with E-state index in [9.17, 15) is 4.79 Å². The van der Waals surface area contributed by atoms with Crippen LogP contribution in [0.3, 0.4) is 0 Å². The van der Waals surface area contributed by atoms with E-state index in [1.54, 1.807) is 14.2 Å². The molecule has 0 aliphatic carbocycles. The molecule has 0 spiro atoms. The number of hydrogen-bond acceptors (Lipinski definition) is 3. The van der Waals surface area contributed by atoms with Crippen molar-refractivity contribution in [3.63, 3.8) is 0 Å². The Balaban J connectivity index is 1.94. The number of methoxy groups -OCH3 is 2. The second kappa shape index (κ2) is 8.73. The van der Waals surface area contributed by atoms with Gasteiger partial charge in [0.25, 0.3) is 0 Å². The Bertz CT molecular complexity index is 716. The maximum Gasteiger partial charge on any atom is 0.224 e. The first-order valence-corrected chi connectivity index (χ1v) is 8.56. The monoisotopic (exact) mass is 391 g/mol. The summed E-state index contributed by atoms with van der Waals surface area (Å²) in [6, 6.07) is 11.8. The molecule has 1 N–H and O–H groups in total. The van der Waals surface area contributed by atoms with Crippen LogP contribution < -0.4 is 14.8 Å². The highest BCUT2D eigenvalue weighted by atomic mass is 79.9. The molecule has 1 amide bonds. The van der Waals surface area contributed by atoms with E-state index in [2.05, 4.69) is 40.3 Å². The molecule has 2 rings (SSSR count). The number of halogens is 1. The number of benzene rings is 2. The number of carbonyl (C=O) groups is 1. The molecular formula is C19H22BrNO3. The Labute approximate surface area is 151 Å². The summed E-state index contributed by atoms with van der Waals surface area (Å²) in [5, 5.41) is 2.97. The summed E-state index contributed by atoms with van der Waals surface area (Å²) in [7, 11) is 3.17. The summed E-state index contributed by atoms with van der Waals surface area (Å²) in [5.74, 6) is 1.23. The fraction of sp³-hybridized carbons (Fsp3) is 0.316. The summed E-state index contributed by atoms with van der Waals surface area (Å²) in [4.78, 5) is 12.2. The second-order valence-electron chi connectivity index (χ2n) is 5.50. The first-order valence-electron chi connectivity index (χ1n) is 7.76. The van der Waals surface area contributed by atoms with E-state index in [1.807, 2.05) is 24.3 Å². The molecule has 5 heteroatoms. The Hall–Kier alpha value is -2.01. The van der Waals surface area contributed by atoms with Crippen molar-refractivity contribution >= 4 is 21.8 Å². The van der Waals surface area contributed by atoms with Crippen molar-refractivity contribution in [1.82, 2.24) is 5.32 Å². The number of ether oxygens (including phenoxy) is 2. The van der Waals surface area contributed by atoms with Crippen molar-refractivity contribution in [2.45, 2.75) is 19.8 Å². The molecule has 0 saturated heterocycles. The highest BCUT2D eigenvalue weighted by Gasteiger charge is 2.12. The van der Waals surface area contributed by atoms with Crippen molar-refractivity contribution in [2.75, 3.05) is 20.8 Å². The van der Waals surface area contributed by atoms with Gasteiger partial charge in [-0.3, -0.25) is 4.79 Å². The zero-order valence-electron chi connectivity index (χ0n) is 14.2. The van der Waals surface area contributed by atoms with Gasteiger partial charge in [-0.1, -0.05) is 40.2 Å². The lowest BCUT2D eigenvalue weighted by molar-refractivity contribution is -0.120. The van der Waals surface area contributed by atoms with Gasteiger partial charge in [0.05, 0.1) is 20.6 Å². The van der Waals surface area contributed by atoms with E-state index in [-0.39, 0.29) is 12.3 Å². The molecule has 0 saturated carbocycles. The van der Waals surface area contributed by atoms with E-state index >= 15 is 0 Å². The molecule has 128 valence electrons. The van der Waals surface area contributed by atoms with E-state index in [0.717, 1.165) is 16.5 Å². The van der Waals surface area contributed by atoms with Crippen LogP contribution in [0.5, 0.6) is 11.5 Å². The standard InChI is InChI=1S/C19H22BrNO3/c1-13-6-4-5-7-14(13)8-9-21-19(22)11-15-10-17(23-2)18(24-3)12-16(15)20/h4-7,10,12H,8-9,11H2,1-3H3,(H,21,22). The van der Waals surface area contributed by atoms with Gasteiger partial charge in [0.15, 0.2) is 11.5 Å². The third-order valence-corrected chi connectivity index (χ3v) is 4.62. The molecule has 0 aromatic heterocycles. The maximum absolute atomic E-state index is 12.2. The molecule has 0 unspecified atom stereocenters. The van der Waals surface area contributed by atoms with Crippen LogP contribution in [-0.2, 0) is 17.6 Å². The molecule has 0 aliphatic rings. The minimum absolute atomic E-state index is 0.0171. The molecule has 0 heterocycles. The number of nitrogens with one attached hydrogen (secondary N) is 1. The van der Waals surface area contributed by atoms with Crippen molar-refractivity contribution in [1.29, 1.82) is 0 Å². The fourth-order valence-corrected chi connectivity index (χ4v) is 2.96. The lowest BCUT2D eigenvalue weighted by atomic mass is 10.1. The Morgan fingerprint density at radius 3 is 2.42 bits per heavy atom. The summed E-state index contributed by atoms with van der Waals surface area (Å²) >= 11 is 3.48. The first kappa shape index (κ1) is 18.3. The maximum atomic E-state index is 12.2. The minimum atomic E-state index is -0.0171. The Morgan fingerprint density at radius 1 is 1.08 bits per heavy atom. The largest absolute Gasteiger partial charge is 0.493 e. The van der Waals surface area contributed by atoms with Gasteiger partial charge < -0.3 is 14.8 Å². The SMILES string of the molecule is COc1cc(Br)c(CC(=O)NCCc2ccccc2C)cc1OC. The van der Waals surface area contributed by atoms with Crippen molar-refractivity contribution < 1.29 is 14.3 Å². The number of amides is 1. The normalized spacial score (nSPS) is 10.3. The third kappa shape index (κ3) is 4.74. The molecule has 24 heavy (non-hydrogen) atoms. The van der Waals surface area contributed by atoms with Crippen LogP contribution in [0.1, 0.15) is 16.7 Å². The van der Waals surface area contributed by atoms with Gasteiger partial charge in [0.2, 0.25) is 5.91 Å². The van der Waals surface area contributed by atoms with Gasteiger partial charge in [-0.15, -0.1) is 0 Å². The summed E-state index contributed by atoms with van der Waals surface area (Å²) in [6.45, 7) is 2.70. The average Bonchev–Trinajstić information content (AvgIpc) is 2.58. The van der Waals surface area contributed by atoms with Crippen LogP contribution in [0.25, 0.3) is 0 Å². The Kier molecular flexibility index (Phi) is 6.67. The van der Waals surface area contributed by atoms with E-state index in [1.165, 1.54) is 11.1 Å². The molecular weight excluding hydrogens is 370 g/mol. The van der Waals surface area contributed by atoms with Gasteiger partial charge >= 0.3 is 0 Å². The molecule has 0 atom stereocenters. The number of aryl methyl sites for hydroxylation is 1. The van der Waals surface area contributed by atoms with Crippen LogP contribution in [0, 0.1) is 6.92 Å². The number of rotatable bonds is 7. The van der Waals surface area contributed by atoms with E-state index < -0.39 is 0 Å². The molecule has 0 radical (unpaired) electrons. The van der Waals surface area contributed by atoms with Crippen LogP contribution >= 0.6 is 15.9 Å².